The molecule has 0 spiro atoms. The molecular weight excluding hydrogens is 297 g/mol. The molecule has 2 aromatic rings. The predicted octanol–water partition coefficient (Wildman–Crippen LogP) is 3.43. The number of nitrogens with zero attached hydrogens (tertiary/aromatic N) is 1. The molecule has 4 nitrogen and oxygen atoms in total. The van der Waals surface area contributed by atoms with Crippen LogP contribution in [0.25, 0.3) is 0 Å². The Morgan fingerprint density at radius 1 is 1.17 bits per heavy atom. The van der Waals surface area contributed by atoms with Crippen LogP contribution in [-0.2, 0) is 4.79 Å². The molecule has 0 aliphatic heterocycles. The first-order chi connectivity index (χ1) is 11.0. The van der Waals surface area contributed by atoms with E-state index in [4.69, 9.17) is 9.47 Å². The number of hydrogen-bond acceptors (Lipinski definition) is 3. The molecule has 2 aromatic carbocycles. The van der Waals surface area contributed by atoms with Crippen molar-refractivity contribution in [2.24, 2.45) is 0 Å². The van der Waals surface area contributed by atoms with Gasteiger partial charge in [-0.1, -0.05) is 18.2 Å². The zero-order valence-corrected chi connectivity index (χ0v) is 13.5. The molecule has 1 atom stereocenters. The van der Waals surface area contributed by atoms with Crippen LogP contribution in [0.5, 0.6) is 11.5 Å². The third-order valence-corrected chi connectivity index (χ3v) is 3.74. The molecule has 23 heavy (non-hydrogen) atoms. The summed E-state index contributed by atoms with van der Waals surface area (Å²) in [6, 6.07) is 13.0. The molecule has 2 rings (SSSR count). The van der Waals surface area contributed by atoms with Crippen LogP contribution in [0.2, 0.25) is 0 Å². The van der Waals surface area contributed by atoms with Gasteiger partial charge in [-0.25, -0.2) is 4.39 Å². The third-order valence-electron chi connectivity index (χ3n) is 3.74. The fraction of sp³-hybridized carbons (Fsp3) is 0.278. The second kappa shape index (κ2) is 7.63. The molecule has 0 aromatic heterocycles. The Labute approximate surface area is 135 Å². The summed E-state index contributed by atoms with van der Waals surface area (Å²) >= 11 is 0. The lowest BCUT2D eigenvalue weighted by atomic mass is 10.1. The lowest BCUT2D eigenvalue weighted by Crippen LogP contribution is -2.33. The Morgan fingerprint density at radius 3 is 2.48 bits per heavy atom. The smallest absolute Gasteiger partial charge is 0.260 e. The number of carbonyl (C=O) groups excluding carboxylic acids is 1. The minimum absolute atomic E-state index is 0.110. The number of rotatable bonds is 6. The molecule has 122 valence electrons. The fourth-order valence-corrected chi connectivity index (χ4v) is 2.21. The van der Waals surface area contributed by atoms with E-state index in [1.807, 2.05) is 31.2 Å². The summed E-state index contributed by atoms with van der Waals surface area (Å²) in [5.41, 5.74) is 0.924. The van der Waals surface area contributed by atoms with Crippen LogP contribution < -0.4 is 9.47 Å². The SMILES string of the molecule is COc1ccccc1C(C)N(C)C(=O)COc1ccc(F)cc1. The third kappa shape index (κ3) is 4.22. The van der Waals surface area contributed by atoms with E-state index in [1.165, 1.54) is 24.3 Å². The zero-order valence-electron chi connectivity index (χ0n) is 13.5. The van der Waals surface area contributed by atoms with Crippen molar-refractivity contribution >= 4 is 5.91 Å². The Balaban J connectivity index is 1.99. The van der Waals surface area contributed by atoms with Gasteiger partial charge >= 0.3 is 0 Å². The normalized spacial score (nSPS) is 11.7. The molecule has 0 radical (unpaired) electrons. The van der Waals surface area contributed by atoms with Crippen molar-refractivity contribution in [2.75, 3.05) is 20.8 Å². The highest BCUT2D eigenvalue weighted by Crippen LogP contribution is 2.28. The highest BCUT2D eigenvalue weighted by molar-refractivity contribution is 5.78. The minimum atomic E-state index is -0.342. The van der Waals surface area contributed by atoms with Gasteiger partial charge in [-0.3, -0.25) is 4.79 Å². The second-order valence-corrected chi connectivity index (χ2v) is 5.17. The lowest BCUT2D eigenvalue weighted by molar-refractivity contribution is -0.134. The molecule has 0 aliphatic rings. The molecule has 0 bridgehead atoms. The van der Waals surface area contributed by atoms with Crippen LogP contribution in [0, 0.1) is 5.82 Å². The van der Waals surface area contributed by atoms with E-state index in [0.717, 1.165) is 11.3 Å². The van der Waals surface area contributed by atoms with Gasteiger partial charge in [-0.2, -0.15) is 0 Å². The summed E-state index contributed by atoms with van der Waals surface area (Å²) < 4.78 is 23.6. The van der Waals surface area contributed by atoms with Crippen molar-refractivity contribution in [2.45, 2.75) is 13.0 Å². The average Bonchev–Trinajstić information content (AvgIpc) is 2.59. The maximum absolute atomic E-state index is 12.8. The van der Waals surface area contributed by atoms with E-state index >= 15 is 0 Å². The maximum Gasteiger partial charge on any atom is 0.260 e. The molecule has 0 saturated heterocycles. The summed E-state index contributed by atoms with van der Waals surface area (Å²) in [5.74, 6) is 0.676. The Kier molecular flexibility index (Phi) is 5.57. The monoisotopic (exact) mass is 317 g/mol. The standard InChI is InChI=1S/C18H20FNO3/c1-13(16-6-4-5-7-17(16)22-3)20(2)18(21)12-23-15-10-8-14(19)9-11-15/h4-11,13H,12H2,1-3H3. The molecular formula is C18H20FNO3. The van der Waals surface area contributed by atoms with Gasteiger partial charge in [0.1, 0.15) is 17.3 Å². The minimum Gasteiger partial charge on any atom is -0.496 e. The Hall–Kier alpha value is -2.56. The van der Waals surface area contributed by atoms with Gasteiger partial charge in [-0.15, -0.1) is 0 Å². The summed E-state index contributed by atoms with van der Waals surface area (Å²) in [4.78, 5) is 13.9. The van der Waals surface area contributed by atoms with E-state index in [2.05, 4.69) is 0 Å². The first-order valence-electron chi connectivity index (χ1n) is 7.30. The quantitative estimate of drug-likeness (QED) is 0.819. The van der Waals surface area contributed by atoms with Crippen LogP contribution in [0.1, 0.15) is 18.5 Å². The topological polar surface area (TPSA) is 38.8 Å². The number of methoxy groups -OCH3 is 1. The van der Waals surface area contributed by atoms with E-state index in [0.29, 0.717) is 5.75 Å². The van der Waals surface area contributed by atoms with Crippen molar-refractivity contribution in [3.05, 3.63) is 59.9 Å². The first kappa shape index (κ1) is 16.8. The highest BCUT2D eigenvalue weighted by Gasteiger charge is 2.20. The van der Waals surface area contributed by atoms with Crippen molar-refractivity contribution in [1.82, 2.24) is 4.90 Å². The van der Waals surface area contributed by atoms with Crippen molar-refractivity contribution in [1.29, 1.82) is 0 Å². The van der Waals surface area contributed by atoms with Crippen LogP contribution in [0.15, 0.2) is 48.5 Å². The lowest BCUT2D eigenvalue weighted by Gasteiger charge is -2.26. The maximum atomic E-state index is 12.8. The van der Waals surface area contributed by atoms with Gasteiger partial charge in [-0.05, 0) is 37.3 Å². The molecule has 0 N–H and O–H groups in total. The van der Waals surface area contributed by atoms with Crippen LogP contribution in [0.4, 0.5) is 4.39 Å². The van der Waals surface area contributed by atoms with Crippen molar-refractivity contribution < 1.29 is 18.7 Å². The van der Waals surface area contributed by atoms with Crippen molar-refractivity contribution in [3.63, 3.8) is 0 Å². The van der Waals surface area contributed by atoms with E-state index in [-0.39, 0.29) is 24.4 Å². The van der Waals surface area contributed by atoms with Gasteiger partial charge in [0.25, 0.3) is 5.91 Å². The summed E-state index contributed by atoms with van der Waals surface area (Å²) in [6.07, 6.45) is 0. The fourth-order valence-electron chi connectivity index (χ4n) is 2.21. The number of para-hydroxylation sites is 1. The summed E-state index contributed by atoms with van der Waals surface area (Å²) in [6.45, 7) is 1.81. The molecule has 0 fully saturated rings. The number of benzene rings is 2. The predicted molar refractivity (Wildman–Crippen MR) is 86.1 cm³/mol. The van der Waals surface area contributed by atoms with Gasteiger partial charge in [0, 0.05) is 12.6 Å². The number of hydrogen-bond donors (Lipinski definition) is 0. The van der Waals surface area contributed by atoms with Gasteiger partial charge < -0.3 is 14.4 Å². The van der Waals surface area contributed by atoms with E-state index < -0.39 is 0 Å². The van der Waals surface area contributed by atoms with Gasteiger partial charge in [0.05, 0.1) is 13.2 Å². The summed E-state index contributed by atoms with van der Waals surface area (Å²) in [5, 5.41) is 0. The van der Waals surface area contributed by atoms with Gasteiger partial charge in [0.15, 0.2) is 6.61 Å². The van der Waals surface area contributed by atoms with Crippen LogP contribution in [0.3, 0.4) is 0 Å². The number of carbonyl (C=O) groups is 1. The number of amides is 1. The first-order valence-corrected chi connectivity index (χ1v) is 7.30. The molecule has 1 unspecified atom stereocenters. The summed E-state index contributed by atoms with van der Waals surface area (Å²) in [7, 11) is 3.32. The number of halogens is 1. The van der Waals surface area contributed by atoms with Crippen molar-refractivity contribution in [3.8, 4) is 11.5 Å². The largest absolute Gasteiger partial charge is 0.496 e. The molecule has 1 amide bonds. The average molecular weight is 317 g/mol. The number of likely N-dealkylation sites (N-methyl/N-ethyl adjacent to an activating group) is 1. The zero-order chi connectivity index (χ0) is 16.8. The van der Waals surface area contributed by atoms with Gasteiger partial charge in [0.2, 0.25) is 0 Å². The Morgan fingerprint density at radius 2 is 1.83 bits per heavy atom. The van der Waals surface area contributed by atoms with Crippen LogP contribution >= 0.6 is 0 Å². The van der Waals surface area contributed by atoms with E-state index in [1.54, 1.807) is 19.1 Å². The Bertz CT molecular complexity index is 658. The molecule has 5 heteroatoms. The van der Waals surface area contributed by atoms with Crippen LogP contribution in [-0.4, -0.2) is 31.6 Å². The second-order valence-electron chi connectivity index (χ2n) is 5.17. The number of ether oxygens (including phenoxy) is 2. The van der Waals surface area contributed by atoms with E-state index in [9.17, 15) is 9.18 Å². The highest BCUT2D eigenvalue weighted by atomic mass is 19.1. The molecule has 0 saturated carbocycles. The molecule has 0 heterocycles. The molecule has 0 aliphatic carbocycles.